The first-order valence-corrected chi connectivity index (χ1v) is 5.67. The Labute approximate surface area is 101 Å². The fraction of sp³-hybridized carbons (Fsp3) is 0.500. The van der Waals surface area contributed by atoms with E-state index in [4.69, 9.17) is 16.3 Å². The molecule has 0 saturated carbocycles. The number of nitrogens with one attached hydrogen (secondary N) is 1. The van der Waals surface area contributed by atoms with E-state index in [2.05, 4.69) is 5.32 Å². The summed E-state index contributed by atoms with van der Waals surface area (Å²) in [5.41, 5.74) is 0.500. The molecule has 1 unspecified atom stereocenters. The average Bonchev–Trinajstić information content (AvgIpc) is 2.31. The molecule has 0 aliphatic rings. The smallest absolute Gasteiger partial charge is 0.0834 e. The van der Waals surface area contributed by atoms with Gasteiger partial charge in [0.25, 0.3) is 0 Å². The van der Waals surface area contributed by atoms with Crippen molar-refractivity contribution in [1.82, 2.24) is 0 Å². The van der Waals surface area contributed by atoms with Gasteiger partial charge in [-0.1, -0.05) is 18.5 Å². The Morgan fingerprint density at radius 3 is 2.44 bits per heavy atom. The number of halogens is 1. The van der Waals surface area contributed by atoms with Gasteiger partial charge in [0.1, 0.15) is 0 Å². The van der Waals surface area contributed by atoms with Gasteiger partial charge in [-0.15, -0.1) is 0 Å². The summed E-state index contributed by atoms with van der Waals surface area (Å²) in [6.07, 6.45) is 0.778. The highest BCUT2D eigenvalue weighted by Crippen LogP contribution is 2.20. The largest absolute Gasteiger partial charge is 0.394 e. The van der Waals surface area contributed by atoms with Gasteiger partial charge < -0.3 is 15.2 Å². The van der Waals surface area contributed by atoms with Crippen LogP contribution in [0.25, 0.3) is 0 Å². The molecule has 0 heterocycles. The molecular formula is C12H18ClNO2. The lowest BCUT2D eigenvalue weighted by atomic mass is 9.98. The van der Waals surface area contributed by atoms with Crippen molar-refractivity contribution in [3.05, 3.63) is 29.3 Å². The van der Waals surface area contributed by atoms with Crippen LogP contribution in [-0.4, -0.2) is 31.0 Å². The molecule has 90 valence electrons. The highest BCUT2D eigenvalue weighted by Gasteiger charge is 2.26. The Bertz CT molecular complexity index is 309. The first-order chi connectivity index (χ1) is 7.65. The lowest BCUT2D eigenvalue weighted by Crippen LogP contribution is -2.45. The van der Waals surface area contributed by atoms with Crippen LogP contribution in [0.3, 0.4) is 0 Å². The van der Waals surface area contributed by atoms with Crippen molar-refractivity contribution < 1.29 is 9.84 Å². The Kier molecular flexibility index (Phi) is 5.06. The zero-order chi connectivity index (χ0) is 12.0. The van der Waals surface area contributed by atoms with Crippen LogP contribution >= 0.6 is 11.6 Å². The molecule has 1 rings (SSSR count). The molecular weight excluding hydrogens is 226 g/mol. The molecule has 0 aliphatic heterocycles. The maximum Gasteiger partial charge on any atom is 0.0834 e. The van der Waals surface area contributed by atoms with Gasteiger partial charge in [0, 0.05) is 17.8 Å². The lowest BCUT2D eigenvalue weighted by molar-refractivity contribution is 0.0962. The van der Waals surface area contributed by atoms with Gasteiger partial charge in [-0.25, -0.2) is 0 Å². The molecule has 0 radical (unpaired) electrons. The Morgan fingerprint density at radius 2 is 2.00 bits per heavy atom. The Hall–Kier alpha value is -0.770. The molecule has 1 aromatic carbocycles. The number of methoxy groups -OCH3 is 1. The number of hydrogen-bond acceptors (Lipinski definition) is 3. The summed E-state index contributed by atoms with van der Waals surface area (Å²) in [6.45, 7) is 2.50. The summed E-state index contributed by atoms with van der Waals surface area (Å²) >= 11 is 5.81. The van der Waals surface area contributed by atoms with Crippen LogP contribution in [0.15, 0.2) is 24.3 Å². The summed E-state index contributed by atoms with van der Waals surface area (Å²) in [6, 6.07) is 7.40. The predicted molar refractivity (Wildman–Crippen MR) is 67.1 cm³/mol. The van der Waals surface area contributed by atoms with E-state index in [0.29, 0.717) is 11.6 Å². The summed E-state index contributed by atoms with van der Waals surface area (Å²) < 4.78 is 5.14. The van der Waals surface area contributed by atoms with E-state index >= 15 is 0 Å². The SMILES string of the molecule is CCC(CO)(COC)Nc1ccc(Cl)cc1. The van der Waals surface area contributed by atoms with Crippen LogP contribution in [-0.2, 0) is 4.74 Å². The zero-order valence-corrected chi connectivity index (χ0v) is 10.4. The predicted octanol–water partition coefficient (Wildman–Crippen LogP) is 2.54. The van der Waals surface area contributed by atoms with Crippen molar-refractivity contribution in [2.45, 2.75) is 18.9 Å². The molecule has 3 nitrogen and oxygen atoms in total. The molecule has 0 aromatic heterocycles. The first-order valence-electron chi connectivity index (χ1n) is 5.29. The molecule has 0 amide bonds. The third kappa shape index (κ3) is 3.37. The summed E-state index contributed by atoms with van der Waals surface area (Å²) in [5.74, 6) is 0. The van der Waals surface area contributed by atoms with Crippen molar-refractivity contribution in [2.24, 2.45) is 0 Å². The van der Waals surface area contributed by atoms with Gasteiger partial charge in [0.15, 0.2) is 0 Å². The van der Waals surface area contributed by atoms with Crippen LogP contribution in [0, 0.1) is 0 Å². The molecule has 1 aromatic rings. The van der Waals surface area contributed by atoms with Crippen molar-refractivity contribution in [3.63, 3.8) is 0 Å². The number of aliphatic hydroxyl groups is 1. The van der Waals surface area contributed by atoms with Gasteiger partial charge in [0.05, 0.1) is 18.8 Å². The van der Waals surface area contributed by atoms with Crippen LogP contribution in [0.4, 0.5) is 5.69 Å². The van der Waals surface area contributed by atoms with Crippen LogP contribution in [0.2, 0.25) is 5.02 Å². The molecule has 4 heteroatoms. The van der Waals surface area contributed by atoms with Crippen molar-refractivity contribution in [1.29, 1.82) is 0 Å². The molecule has 0 fully saturated rings. The maximum absolute atomic E-state index is 9.45. The molecule has 2 N–H and O–H groups in total. The second-order valence-electron chi connectivity index (χ2n) is 3.86. The quantitative estimate of drug-likeness (QED) is 0.807. The fourth-order valence-electron chi connectivity index (χ4n) is 1.54. The van der Waals surface area contributed by atoms with Crippen LogP contribution < -0.4 is 5.32 Å². The van der Waals surface area contributed by atoms with E-state index in [-0.39, 0.29) is 6.61 Å². The third-order valence-electron chi connectivity index (χ3n) is 2.65. The molecule has 0 aliphatic carbocycles. The highest BCUT2D eigenvalue weighted by atomic mass is 35.5. The molecule has 16 heavy (non-hydrogen) atoms. The second kappa shape index (κ2) is 6.09. The fourth-order valence-corrected chi connectivity index (χ4v) is 1.67. The van der Waals surface area contributed by atoms with E-state index < -0.39 is 5.54 Å². The van der Waals surface area contributed by atoms with Crippen LogP contribution in [0.1, 0.15) is 13.3 Å². The normalized spacial score (nSPS) is 14.5. The second-order valence-corrected chi connectivity index (χ2v) is 4.29. The number of ether oxygens (including phenoxy) is 1. The monoisotopic (exact) mass is 243 g/mol. The Morgan fingerprint density at radius 1 is 1.38 bits per heavy atom. The number of anilines is 1. The molecule has 0 saturated heterocycles. The maximum atomic E-state index is 9.45. The standard InChI is InChI=1S/C12H18ClNO2/c1-3-12(8-15,9-16-2)14-11-6-4-10(13)5-7-11/h4-7,14-15H,3,8-9H2,1-2H3. The third-order valence-corrected chi connectivity index (χ3v) is 2.91. The van der Waals surface area contributed by atoms with Crippen molar-refractivity contribution >= 4 is 17.3 Å². The minimum absolute atomic E-state index is 0.0277. The molecule has 1 atom stereocenters. The average molecular weight is 244 g/mol. The first kappa shape index (κ1) is 13.3. The number of benzene rings is 1. The zero-order valence-electron chi connectivity index (χ0n) is 9.66. The van der Waals surface area contributed by atoms with E-state index in [1.165, 1.54) is 0 Å². The van der Waals surface area contributed by atoms with Crippen molar-refractivity contribution in [2.75, 3.05) is 25.6 Å². The highest BCUT2D eigenvalue weighted by molar-refractivity contribution is 6.30. The number of aliphatic hydroxyl groups excluding tert-OH is 1. The summed E-state index contributed by atoms with van der Waals surface area (Å²) in [5, 5.41) is 13.4. The van der Waals surface area contributed by atoms with E-state index in [1.807, 2.05) is 31.2 Å². The van der Waals surface area contributed by atoms with E-state index in [1.54, 1.807) is 7.11 Å². The number of rotatable bonds is 6. The van der Waals surface area contributed by atoms with Gasteiger partial charge in [0.2, 0.25) is 0 Å². The van der Waals surface area contributed by atoms with E-state index in [0.717, 1.165) is 12.1 Å². The van der Waals surface area contributed by atoms with Crippen molar-refractivity contribution in [3.8, 4) is 0 Å². The van der Waals surface area contributed by atoms with E-state index in [9.17, 15) is 5.11 Å². The van der Waals surface area contributed by atoms with Gasteiger partial charge in [-0.3, -0.25) is 0 Å². The van der Waals surface area contributed by atoms with Gasteiger partial charge in [-0.05, 0) is 30.7 Å². The molecule has 0 bridgehead atoms. The minimum atomic E-state index is -0.428. The minimum Gasteiger partial charge on any atom is -0.394 e. The number of hydrogen-bond donors (Lipinski definition) is 2. The lowest BCUT2D eigenvalue weighted by Gasteiger charge is -2.32. The molecule has 0 spiro atoms. The topological polar surface area (TPSA) is 41.5 Å². The Balaban J connectivity index is 2.78. The summed E-state index contributed by atoms with van der Waals surface area (Å²) in [7, 11) is 1.63. The van der Waals surface area contributed by atoms with Gasteiger partial charge in [-0.2, -0.15) is 0 Å². The van der Waals surface area contributed by atoms with Gasteiger partial charge >= 0.3 is 0 Å². The summed E-state index contributed by atoms with van der Waals surface area (Å²) in [4.78, 5) is 0. The van der Waals surface area contributed by atoms with Crippen LogP contribution in [0.5, 0.6) is 0 Å².